The van der Waals surface area contributed by atoms with Gasteiger partial charge in [0, 0.05) is 26.2 Å². The van der Waals surface area contributed by atoms with E-state index in [0.717, 1.165) is 25.6 Å². The van der Waals surface area contributed by atoms with Gasteiger partial charge in [-0.15, -0.1) is 0 Å². The van der Waals surface area contributed by atoms with Crippen molar-refractivity contribution in [2.75, 3.05) is 39.9 Å². The minimum absolute atomic E-state index is 0.324. The number of hydrogen-bond donors (Lipinski definition) is 1. The van der Waals surface area contributed by atoms with Crippen LogP contribution >= 0.6 is 0 Å². The second-order valence-electron chi connectivity index (χ2n) is 6.70. The maximum atomic E-state index is 5.31. The van der Waals surface area contributed by atoms with Crippen LogP contribution in [0.4, 0.5) is 0 Å². The average Bonchev–Trinajstić information content (AvgIpc) is 2.28. The summed E-state index contributed by atoms with van der Waals surface area (Å²) in [6.45, 7) is 14.8. The lowest BCUT2D eigenvalue weighted by Gasteiger charge is -2.39. The van der Waals surface area contributed by atoms with Crippen LogP contribution in [0.1, 0.15) is 40.5 Å². The van der Waals surface area contributed by atoms with E-state index in [2.05, 4.69) is 37.9 Å². The average molecular weight is 256 g/mol. The molecular weight excluding hydrogens is 224 g/mol. The summed E-state index contributed by atoms with van der Waals surface area (Å²) >= 11 is 0. The first kappa shape index (κ1) is 15.9. The van der Waals surface area contributed by atoms with Crippen LogP contribution in [-0.4, -0.2) is 50.8 Å². The monoisotopic (exact) mass is 256 g/mol. The Morgan fingerprint density at radius 2 is 2.11 bits per heavy atom. The van der Waals surface area contributed by atoms with E-state index in [9.17, 15) is 0 Å². The van der Waals surface area contributed by atoms with Crippen LogP contribution in [0.25, 0.3) is 0 Å². The predicted molar refractivity (Wildman–Crippen MR) is 78.0 cm³/mol. The maximum Gasteiger partial charge on any atom is 0.0502 e. The fraction of sp³-hybridized carbons (Fsp3) is 1.00. The van der Waals surface area contributed by atoms with Crippen molar-refractivity contribution >= 4 is 0 Å². The molecule has 0 aromatic carbocycles. The third-order valence-electron chi connectivity index (χ3n) is 3.94. The Hall–Kier alpha value is -0.120. The quantitative estimate of drug-likeness (QED) is 0.789. The molecule has 1 rings (SSSR count). The van der Waals surface area contributed by atoms with Crippen LogP contribution < -0.4 is 5.32 Å². The number of rotatable bonds is 6. The Morgan fingerprint density at radius 3 is 2.67 bits per heavy atom. The maximum absolute atomic E-state index is 5.31. The molecule has 1 fully saturated rings. The summed E-state index contributed by atoms with van der Waals surface area (Å²) in [7, 11) is 1.82. The van der Waals surface area contributed by atoms with Gasteiger partial charge < -0.3 is 15.0 Å². The smallest absolute Gasteiger partial charge is 0.0502 e. The molecule has 1 saturated heterocycles. The second kappa shape index (κ2) is 7.46. The van der Waals surface area contributed by atoms with Gasteiger partial charge in [0.1, 0.15) is 0 Å². The van der Waals surface area contributed by atoms with Crippen molar-refractivity contribution in [2.45, 2.75) is 46.6 Å². The highest BCUT2D eigenvalue weighted by Crippen LogP contribution is 2.23. The van der Waals surface area contributed by atoms with E-state index in [4.69, 9.17) is 4.74 Å². The molecule has 1 heterocycles. The van der Waals surface area contributed by atoms with Crippen LogP contribution in [0.3, 0.4) is 0 Å². The molecule has 3 nitrogen and oxygen atoms in total. The van der Waals surface area contributed by atoms with Gasteiger partial charge in [0.25, 0.3) is 0 Å². The van der Waals surface area contributed by atoms with Crippen molar-refractivity contribution in [3.8, 4) is 0 Å². The number of methoxy groups -OCH3 is 1. The Morgan fingerprint density at radius 1 is 1.39 bits per heavy atom. The largest absolute Gasteiger partial charge is 0.384 e. The number of ether oxygens (including phenoxy) is 1. The van der Waals surface area contributed by atoms with Gasteiger partial charge in [-0.05, 0) is 37.3 Å². The predicted octanol–water partition coefficient (Wildman–Crippen LogP) is 2.37. The first-order valence-corrected chi connectivity index (χ1v) is 7.42. The number of piperidine rings is 1. The number of nitrogens with one attached hydrogen (secondary N) is 1. The van der Waals surface area contributed by atoms with E-state index in [0.29, 0.717) is 11.5 Å². The zero-order chi connectivity index (χ0) is 13.6. The molecule has 0 radical (unpaired) electrons. The van der Waals surface area contributed by atoms with Crippen LogP contribution in [-0.2, 0) is 4.74 Å². The van der Waals surface area contributed by atoms with E-state index < -0.39 is 0 Å². The van der Waals surface area contributed by atoms with Crippen molar-refractivity contribution in [3.05, 3.63) is 0 Å². The Bertz CT molecular complexity index is 223. The van der Waals surface area contributed by atoms with Gasteiger partial charge in [-0.25, -0.2) is 0 Å². The van der Waals surface area contributed by atoms with E-state index in [1.54, 1.807) is 0 Å². The van der Waals surface area contributed by atoms with Gasteiger partial charge in [-0.2, -0.15) is 0 Å². The van der Waals surface area contributed by atoms with Crippen molar-refractivity contribution in [3.63, 3.8) is 0 Å². The fourth-order valence-electron chi connectivity index (χ4n) is 2.84. The van der Waals surface area contributed by atoms with Crippen molar-refractivity contribution < 1.29 is 4.74 Å². The molecule has 0 amide bonds. The third-order valence-corrected chi connectivity index (χ3v) is 3.94. The molecule has 0 bridgehead atoms. The highest BCUT2D eigenvalue weighted by Gasteiger charge is 2.28. The van der Waals surface area contributed by atoms with Crippen LogP contribution in [0.15, 0.2) is 0 Å². The SMILES string of the molecule is CCNC(CN1CCCC(COC)C1)C(C)(C)C. The number of nitrogens with zero attached hydrogens (tertiary/aromatic N) is 1. The summed E-state index contributed by atoms with van der Waals surface area (Å²) in [5.74, 6) is 0.728. The zero-order valence-electron chi connectivity index (χ0n) is 13.0. The highest BCUT2D eigenvalue weighted by atomic mass is 16.5. The molecule has 2 unspecified atom stereocenters. The molecule has 1 N–H and O–H groups in total. The molecule has 0 aromatic rings. The molecule has 1 aliphatic rings. The Labute approximate surface area is 113 Å². The normalized spacial score (nSPS) is 24.2. The summed E-state index contributed by atoms with van der Waals surface area (Å²) in [6, 6.07) is 0.573. The van der Waals surface area contributed by atoms with Gasteiger partial charge in [0.05, 0.1) is 6.61 Å². The summed E-state index contributed by atoms with van der Waals surface area (Å²) in [4.78, 5) is 2.62. The van der Waals surface area contributed by atoms with Gasteiger partial charge in [0.2, 0.25) is 0 Å². The van der Waals surface area contributed by atoms with E-state index in [-0.39, 0.29) is 0 Å². The molecule has 1 aliphatic heterocycles. The van der Waals surface area contributed by atoms with Gasteiger partial charge in [-0.1, -0.05) is 27.7 Å². The van der Waals surface area contributed by atoms with Crippen molar-refractivity contribution in [1.29, 1.82) is 0 Å². The van der Waals surface area contributed by atoms with Gasteiger partial charge in [-0.3, -0.25) is 0 Å². The van der Waals surface area contributed by atoms with E-state index in [1.807, 2.05) is 7.11 Å². The third kappa shape index (κ3) is 5.25. The lowest BCUT2D eigenvalue weighted by molar-refractivity contribution is 0.0755. The lowest BCUT2D eigenvalue weighted by atomic mass is 9.85. The first-order valence-electron chi connectivity index (χ1n) is 7.42. The standard InChI is InChI=1S/C15H32N2O/c1-6-16-14(15(2,3)4)11-17-9-7-8-13(10-17)12-18-5/h13-14,16H,6-12H2,1-5H3. The first-order chi connectivity index (χ1) is 8.47. The van der Waals surface area contributed by atoms with Crippen LogP contribution in [0.5, 0.6) is 0 Å². The molecular formula is C15H32N2O. The minimum Gasteiger partial charge on any atom is -0.384 e. The molecule has 0 saturated carbocycles. The number of hydrogen-bond acceptors (Lipinski definition) is 3. The lowest BCUT2D eigenvalue weighted by Crippen LogP contribution is -2.51. The van der Waals surface area contributed by atoms with E-state index in [1.165, 1.54) is 25.9 Å². The molecule has 2 atom stereocenters. The minimum atomic E-state index is 0.324. The molecule has 108 valence electrons. The molecule has 0 spiro atoms. The van der Waals surface area contributed by atoms with E-state index >= 15 is 0 Å². The fourth-order valence-corrected chi connectivity index (χ4v) is 2.84. The van der Waals surface area contributed by atoms with Crippen LogP contribution in [0, 0.1) is 11.3 Å². The number of likely N-dealkylation sites (tertiary alicyclic amines) is 1. The van der Waals surface area contributed by atoms with Gasteiger partial charge in [0.15, 0.2) is 0 Å². The summed E-state index contributed by atoms with van der Waals surface area (Å²) in [5.41, 5.74) is 0.324. The Balaban J connectivity index is 2.47. The van der Waals surface area contributed by atoms with Gasteiger partial charge >= 0.3 is 0 Å². The zero-order valence-corrected chi connectivity index (χ0v) is 13.0. The molecule has 3 heteroatoms. The molecule has 0 aliphatic carbocycles. The number of likely N-dealkylation sites (N-methyl/N-ethyl adjacent to an activating group) is 1. The summed E-state index contributed by atoms with van der Waals surface area (Å²) in [5, 5.41) is 3.64. The molecule has 18 heavy (non-hydrogen) atoms. The summed E-state index contributed by atoms with van der Waals surface area (Å²) < 4.78 is 5.31. The summed E-state index contributed by atoms with van der Waals surface area (Å²) in [6.07, 6.45) is 2.64. The van der Waals surface area contributed by atoms with Crippen molar-refractivity contribution in [2.24, 2.45) is 11.3 Å². The highest BCUT2D eigenvalue weighted by molar-refractivity contribution is 4.85. The Kier molecular flexibility index (Phi) is 6.61. The van der Waals surface area contributed by atoms with Crippen LogP contribution in [0.2, 0.25) is 0 Å². The topological polar surface area (TPSA) is 24.5 Å². The van der Waals surface area contributed by atoms with Crippen molar-refractivity contribution in [1.82, 2.24) is 10.2 Å². The molecule has 0 aromatic heterocycles. The second-order valence-corrected chi connectivity index (χ2v) is 6.70.